The van der Waals surface area contributed by atoms with Gasteiger partial charge in [0.05, 0.1) is 7.11 Å². The van der Waals surface area contributed by atoms with Crippen LogP contribution in [0.4, 0.5) is 0 Å². The Bertz CT molecular complexity index is 521. The van der Waals surface area contributed by atoms with Crippen molar-refractivity contribution in [2.75, 3.05) is 13.9 Å². The largest absolute Gasteiger partial charge is 0.493 e. The second kappa shape index (κ2) is 5.75. The molecule has 4 nitrogen and oxygen atoms in total. The van der Waals surface area contributed by atoms with Crippen molar-refractivity contribution in [1.82, 2.24) is 0 Å². The van der Waals surface area contributed by atoms with Gasteiger partial charge in [-0.3, -0.25) is 0 Å². The molecule has 0 spiro atoms. The molecule has 1 aliphatic carbocycles. The van der Waals surface area contributed by atoms with Crippen LogP contribution in [0.1, 0.15) is 43.8 Å². The lowest BCUT2D eigenvalue weighted by Crippen LogP contribution is -2.02. The number of hydrogen-bond donors (Lipinski definition) is 1. The van der Waals surface area contributed by atoms with E-state index in [1.165, 1.54) is 12.8 Å². The van der Waals surface area contributed by atoms with Gasteiger partial charge in [-0.2, -0.15) is 0 Å². The summed E-state index contributed by atoms with van der Waals surface area (Å²) in [5.41, 5.74) is 1.91. The van der Waals surface area contributed by atoms with Gasteiger partial charge in [0.2, 0.25) is 12.5 Å². The van der Waals surface area contributed by atoms with E-state index in [0.29, 0.717) is 17.2 Å². The molecule has 1 N–H and O–H groups in total. The van der Waals surface area contributed by atoms with E-state index in [1.54, 1.807) is 7.11 Å². The van der Waals surface area contributed by atoms with Crippen LogP contribution >= 0.6 is 0 Å². The third-order valence-corrected chi connectivity index (χ3v) is 3.92. The first-order chi connectivity index (χ1) is 9.79. The number of fused-ring (bicyclic) bond motifs is 1. The average molecular weight is 276 g/mol. The van der Waals surface area contributed by atoms with Gasteiger partial charge in [0, 0.05) is 0 Å². The van der Waals surface area contributed by atoms with Crippen LogP contribution in [0.5, 0.6) is 17.2 Å². The lowest BCUT2D eigenvalue weighted by molar-refractivity contribution is 0.171. The lowest BCUT2D eigenvalue weighted by atomic mass is 9.97. The second-order valence-electron chi connectivity index (χ2n) is 5.24. The van der Waals surface area contributed by atoms with Crippen LogP contribution in [-0.4, -0.2) is 19.0 Å². The lowest BCUT2D eigenvalue weighted by Gasteiger charge is -2.16. The van der Waals surface area contributed by atoms with Crippen molar-refractivity contribution in [1.29, 1.82) is 0 Å². The molecular weight excluding hydrogens is 256 g/mol. The topological polar surface area (TPSA) is 47.9 Å². The van der Waals surface area contributed by atoms with Crippen molar-refractivity contribution in [3.05, 3.63) is 29.3 Å². The molecule has 0 radical (unpaired) electrons. The van der Waals surface area contributed by atoms with Crippen molar-refractivity contribution in [2.24, 2.45) is 0 Å². The molecule has 0 amide bonds. The van der Waals surface area contributed by atoms with E-state index in [9.17, 15) is 5.11 Å². The number of rotatable bonds is 3. The van der Waals surface area contributed by atoms with Gasteiger partial charge in [-0.1, -0.05) is 12.5 Å². The van der Waals surface area contributed by atoms with Crippen LogP contribution in [0.2, 0.25) is 0 Å². The molecule has 1 heterocycles. The van der Waals surface area contributed by atoms with Gasteiger partial charge >= 0.3 is 0 Å². The van der Waals surface area contributed by atoms with Crippen LogP contribution < -0.4 is 14.2 Å². The summed E-state index contributed by atoms with van der Waals surface area (Å²) < 4.78 is 16.1. The Kier molecular flexibility index (Phi) is 3.83. The van der Waals surface area contributed by atoms with Gasteiger partial charge in [0.1, 0.15) is 6.10 Å². The Balaban J connectivity index is 1.91. The van der Waals surface area contributed by atoms with Crippen molar-refractivity contribution in [3.8, 4) is 17.2 Å². The minimum atomic E-state index is -0.587. The summed E-state index contributed by atoms with van der Waals surface area (Å²) in [4.78, 5) is 0. The molecule has 0 saturated carbocycles. The summed E-state index contributed by atoms with van der Waals surface area (Å²) >= 11 is 0. The molecule has 4 heteroatoms. The minimum Gasteiger partial charge on any atom is -0.493 e. The maximum absolute atomic E-state index is 10.6. The van der Waals surface area contributed by atoms with E-state index in [2.05, 4.69) is 6.08 Å². The summed E-state index contributed by atoms with van der Waals surface area (Å²) in [5.74, 6) is 1.88. The molecule has 0 bridgehead atoms. The van der Waals surface area contributed by atoms with E-state index in [-0.39, 0.29) is 6.79 Å². The van der Waals surface area contributed by atoms with Gasteiger partial charge in [-0.05, 0) is 49.0 Å². The molecule has 0 fully saturated rings. The van der Waals surface area contributed by atoms with E-state index in [4.69, 9.17) is 14.2 Å². The summed E-state index contributed by atoms with van der Waals surface area (Å²) in [6.07, 6.45) is 7.18. The maximum atomic E-state index is 10.6. The molecular formula is C16H20O4. The average Bonchev–Trinajstić information content (AvgIpc) is 2.78. The molecule has 3 rings (SSSR count). The second-order valence-corrected chi connectivity index (χ2v) is 5.24. The SMILES string of the molecule is COc1cc(C(O)C2=CCCCCC2)cc2c1OCO2. The fourth-order valence-corrected chi connectivity index (χ4v) is 2.81. The fourth-order valence-electron chi connectivity index (χ4n) is 2.81. The molecule has 0 aromatic heterocycles. The molecule has 108 valence electrons. The predicted molar refractivity (Wildman–Crippen MR) is 75.2 cm³/mol. The third-order valence-electron chi connectivity index (χ3n) is 3.92. The number of methoxy groups -OCH3 is 1. The predicted octanol–water partition coefficient (Wildman–Crippen LogP) is 3.35. The molecule has 0 saturated heterocycles. The van der Waals surface area contributed by atoms with Crippen molar-refractivity contribution >= 4 is 0 Å². The molecule has 2 aliphatic rings. The summed E-state index contributed by atoms with van der Waals surface area (Å²) in [5, 5.41) is 10.6. The van der Waals surface area contributed by atoms with Crippen molar-refractivity contribution in [2.45, 2.75) is 38.2 Å². The van der Waals surface area contributed by atoms with E-state index >= 15 is 0 Å². The summed E-state index contributed by atoms with van der Waals surface area (Å²) in [6.45, 7) is 0.202. The Morgan fingerprint density at radius 3 is 2.95 bits per heavy atom. The first-order valence-corrected chi connectivity index (χ1v) is 7.14. The highest BCUT2D eigenvalue weighted by Crippen LogP contribution is 2.44. The quantitative estimate of drug-likeness (QED) is 0.860. The molecule has 20 heavy (non-hydrogen) atoms. The smallest absolute Gasteiger partial charge is 0.231 e. The highest BCUT2D eigenvalue weighted by molar-refractivity contribution is 5.56. The zero-order valence-electron chi connectivity index (χ0n) is 11.7. The van der Waals surface area contributed by atoms with E-state index < -0.39 is 6.10 Å². The van der Waals surface area contributed by atoms with E-state index in [1.807, 2.05) is 12.1 Å². The van der Waals surface area contributed by atoms with Crippen molar-refractivity contribution < 1.29 is 19.3 Å². The van der Waals surface area contributed by atoms with Crippen LogP contribution in [0.3, 0.4) is 0 Å². The third kappa shape index (κ3) is 2.48. The summed E-state index contributed by atoms with van der Waals surface area (Å²) in [6, 6.07) is 3.69. The van der Waals surface area contributed by atoms with E-state index in [0.717, 1.165) is 30.4 Å². The van der Waals surface area contributed by atoms with Gasteiger partial charge in [-0.25, -0.2) is 0 Å². The van der Waals surface area contributed by atoms with Crippen molar-refractivity contribution in [3.63, 3.8) is 0 Å². The number of aliphatic hydroxyl groups is 1. The summed E-state index contributed by atoms with van der Waals surface area (Å²) in [7, 11) is 1.60. The Labute approximate surface area is 119 Å². The molecule has 1 unspecified atom stereocenters. The van der Waals surface area contributed by atoms with Crippen LogP contribution in [0.15, 0.2) is 23.8 Å². The Hall–Kier alpha value is -1.68. The number of aliphatic hydroxyl groups excluding tert-OH is 1. The number of ether oxygens (including phenoxy) is 3. The standard InChI is InChI=1S/C16H20O4/c1-18-13-8-12(9-14-16(13)20-10-19-14)15(17)11-6-4-2-3-5-7-11/h6,8-9,15,17H,2-5,7,10H2,1H3. The highest BCUT2D eigenvalue weighted by atomic mass is 16.7. The van der Waals surface area contributed by atoms with Crippen LogP contribution in [0.25, 0.3) is 0 Å². The first kappa shape index (κ1) is 13.3. The van der Waals surface area contributed by atoms with Gasteiger partial charge in [0.15, 0.2) is 11.5 Å². The van der Waals surface area contributed by atoms with Gasteiger partial charge < -0.3 is 19.3 Å². The Morgan fingerprint density at radius 2 is 2.10 bits per heavy atom. The molecule has 1 aromatic carbocycles. The fraction of sp³-hybridized carbons (Fsp3) is 0.500. The first-order valence-electron chi connectivity index (χ1n) is 7.14. The number of hydrogen-bond acceptors (Lipinski definition) is 4. The zero-order chi connectivity index (χ0) is 13.9. The van der Waals surface area contributed by atoms with Gasteiger partial charge in [-0.15, -0.1) is 0 Å². The monoisotopic (exact) mass is 276 g/mol. The maximum Gasteiger partial charge on any atom is 0.231 e. The molecule has 1 atom stereocenters. The highest BCUT2D eigenvalue weighted by Gasteiger charge is 2.24. The number of benzene rings is 1. The molecule has 1 aliphatic heterocycles. The number of allylic oxidation sites excluding steroid dienone is 1. The van der Waals surface area contributed by atoms with Gasteiger partial charge in [0.25, 0.3) is 0 Å². The minimum absolute atomic E-state index is 0.202. The Morgan fingerprint density at radius 1 is 1.20 bits per heavy atom. The zero-order valence-corrected chi connectivity index (χ0v) is 11.7. The molecule has 1 aromatic rings. The normalized spacial score (nSPS) is 19.2. The van der Waals surface area contributed by atoms with Crippen LogP contribution in [0, 0.1) is 0 Å². The van der Waals surface area contributed by atoms with Crippen LogP contribution in [-0.2, 0) is 0 Å².